The number of rotatable bonds is 5. The predicted molar refractivity (Wildman–Crippen MR) is 105 cm³/mol. The number of aliphatic imine (C=N–C) groups is 1. The summed E-state index contributed by atoms with van der Waals surface area (Å²) in [5.41, 5.74) is 7.57. The zero-order chi connectivity index (χ0) is 19.1. The molecule has 0 saturated carbocycles. The summed E-state index contributed by atoms with van der Waals surface area (Å²) in [5.74, 6) is 1.67. The van der Waals surface area contributed by atoms with E-state index in [1.54, 1.807) is 18.2 Å². The van der Waals surface area contributed by atoms with Gasteiger partial charge in [0.1, 0.15) is 0 Å². The molecule has 1 aliphatic heterocycles. The fourth-order valence-electron chi connectivity index (χ4n) is 2.68. The van der Waals surface area contributed by atoms with E-state index >= 15 is 0 Å². The van der Waals surface area contributed by atoms with E-state index in [0.717, 1.165) is 35.7 Å². The molecular formula is C20H24N4O3. The van der Waals surface area contributed by atoms with Crippen LogP contribution in [0.1, 0.15) is 29.3 Å². The standard InChI is InChI=1S/C20H24N4O3/c1-2-22-20(23-13-14-5-3-6-15(11-14)19(21)25)24-16-7-8-17-18(12-16)27-10-4-9-26-17/h3,5-8,11-12H,2,4,9-10,13H2,1H3,(H2,21,25)(H2,22,23,24). The van der Waals surface area contributed by atoms with Crippen LogP contribution in [0.4, 0.5) is 5.69 Å². The topological polar surface area (TPSA) is 98.0 Å². The zero-order valence-electron chi connectivity index (χ0n) is 15.3. The molecule has 0 radical (unpaired) electrons. The van der Waals surface area contributed by atoms with Gasteiger partial charge < -0.3 is 25.8 Å². The van der Waals surface area contributed by atoms with E-state index in [1.807, 2.05) is 31.2 Å². The summed E-state index contributed by atoms with van der Waals surface area (Å²) in [4.78, 5) is 15.9. The third-order valence-corrected chi connectivity index (χ3v) is 3.99. The maximum Gasteiger partial charge on any atom is 0.248 e. The van der Waals surface area contributed by atoms with E-state index in [9.17, 15) is 4.79 Å². The minimum absolute atomic E-state index is 0.418. The van der Waals surface area contributed by atoms with Gasteiger partial charge in [0.25, 0.3) is 0 Å². The van der Waals surface area contributed by atoms with Crippen LogP contribution in [0.2, 0.25) is 0 Å². The molecule has 0 aromatic heterocycles. The fraction of sp³-hybridized carbons (Fsp3) is 0.300. The summed E-state index contributed by atoms with van der Waals surface area (Å²) >= 11 is 0. The Bertz CT molecular complexity index is 836. The van der Waals surface area contributed by atoms with Crippen LogP contribution in [0.3, 0.4) is 0 Å². The number of carbonyl (C=O) groups excluding carboxylic acids is 1. The normalized spacial score (nSPS) is 13.6. The van der Waals surface area contributed by atoms with E-state index in [1.165, 1.54) is 0 Å². The second kappa shape index (κ2) is 8.93. The van der Waals surface area contributed by atoms with Crippen molar-refractivity contribution in [3.63, 3.8) is 0 Å². The van der Waals surface area contributed by atoms with Crippen LogP contribution < -0.4 is 25.8 Å². The van der Waals surface area contributed by atoms with Crippen molar-refractivity contribution >= 4 is 17.6 Å². The third-order valence-electron chi connectivity index (χ3n) is 3.99. The van der Waals surface area contributed by atoms with Gasteiger partial charge in [-0.3, -0.25) is 4.79 Å². The lowest BCUT2D eigenvalue weighted by molar-refractivity contribution is 0.1000. The van der Waals surface area contributed by atoms with Crippen molar-refractivity contribution in [3.8, 4) is 11.5 Å². The smallest absolute Gasteiger partial charge is 0.248 e. The van der Waals surface area contributed by atoms with E-state index < -0.39 is 5.91 Å². The van der Waals surface area contributed by atoms with Crippen molar-refractivity contribution < 1.29 is 14.3 Å². The van der Waals surface area contributed by atoms with Crippen molar-refractivity contribution in [3.05, 3.63) is 53.6 Å². The number of anilines is 1. The summed E-state index contributed by atoms with van der Waals surface area (Å²) in [6.07, 6.45) is 0.867. The Morgan fingerprint density at radius 1 is 1.15 bits per heavy atom. The molecule has 3 rings (SSSR count). The number of fused-ring (bicyclic) bond motifs is 1. The lowest BCUT2D eigenvalue weighted by atomic mass is 10.1. The Labute approximate surface area is 158 Å². The molecule has 0 unspecified atom stereocenters. The monoisotopic (exact) mass is 368 g/mol. The quantitative estimate of drug-likeness (QED) is 0.556. The molecule has 27 heavy (non-hydrogen) atoms. The number of carbonyl (C=O) groups is 1. The largest absolute Gasteiger partial charge is 0.490 e. The summed E-state index contributed by atoms with van der Waals surface area (Å²) < 4.78 is 11.4. The summed E-state index contributed by atoms with van der Waals surface area (Å²) in [5, 5.41) is 6.48. The number of primary amides is 1. The molecule has 142 valence electrons. The van der Waals surface area contributed by atoms with Gasteiger partial charge in [-0.1, -0.05) is 12.1 Å². The van der Waals surface area contributed by atoms with Gasteiger partial charge in [-0.05, 0) is 36.8 Å². The minimum atomic E-state index is -0.446. The predicted octanol–water partition coefficient (Wildman–Crippen LogP) is 2.52. The van der Waals surface area contributed by atoms with E-state index in [2.05, 4.69) is 15.6 Å². The Morgan fingerprint density at radius 3 is 2.74 bits per heavy atom. The molecule has 2 aromatic rings. The third kappa shape index (κ3) is 5.13. The molecule has 0 spiro atoms. The molecule has 1 aliphatic rings. The molecule has 0 aliphatic carbocycles. The van der Waals surface area contributed by atoms with Gasteiger partial charge in [0.05, 0.1) is 19.8 Å². The average molecular weight is 368 g/mol. The Balaban J connectivity index is 1.73. The summed E-state index contributed by atoms with van der Waals surface area (Å²) in [6.45, 7) is 4.44. The van der Waals surface area contributed by atoms with Crippen LogP contribution in [0.15, 0.2) is 47.5 Å². The first-order chi connectivity index (χ1) is 13.2. The van der Waals surface area contributed by atoms with Crippen molar-refractivity contribution in [2.75, 3.05) is 25.1 Å². The molecule has 0 atom stereocenters. The second-order valence-corrected chi connectivity index (χ2v) is 6.10. The first-order valence-corrected chi connectivity index (χ1v) is 8.99. The lowest BCUT2D eigenvalue weighted by Crippen LogP contribution is -2.30. The molecule has 1 heterocycles. The number of amides is 1. The minimum Gasteiger partial charge on any atom is -0.490 e. The molecule has 7 nitrogen and oxygen atoms in total. The van der Waals surface area contributed by atoms with E-state index in [-0.39, 0.29) is 0 Å². The first-order valence-electron chi connectivity index (χ1n) is 8.99. The highest BCUT2D eigenvalue weighted by atomic mass is 16.5. The van der Waals surface area contributed by atoms with Crippen molar-refractivity contribution in [1.29, 1.82) is 0 Å². The molecule has 0 bridgehead atoms. The number of ether oxygens (including phenoxy) is 2. The number of hydrogen-bond donors (Lipinski definition) is 3. The van der Waals surface area contributed by atoms with Gasteiger partial charge in [0.2, 0.25) is 5.91 Å². The second-order valence-electron chi connectivity index (χ2n) is 6.10. The number of nitrogens with two attached hydrogens (primary N) is 1. The number of benzene rings is 2. The van der Waals surface area contributed by atoms with Crippen molar-refractivity contribution in [2.45, 2.75) is 19.9 Å². The SMILES string of the molecule is CCNC(=NCc1cccc(C(N)=O)c1)Nc1ccc2c(c1)OCCCO2. The molecule has 1 amide bonds. The maximum atomic E-state index is 11.3. The van der Waals surface area contributed by atoms with Gasteiger partial charge in [-0.15, -0.1) is 0 Å². The number of nitrogens with one attached hydrogen (secondary N) is 2. The molecule has 0 fully saturated rings. The highest BCUT2D eigenvalue weighted by molar-refractivity contribution is 5.94. The summed E-state index contributed by atoms with van der Waals surface area (Å²) in [7, 11) is 0. The number of guanidine groups is 1. The fourth-order valence-corrected chi connectivity index (χ4v) is 2.68. The van der Waals surface area contributed by atoms with E-state index in [4.69, 9.17) is 15.2 Å². The van der Waals surface area contributed by atoms with Crippen LogP contribution >= 0.6 is 0 Å². The molecule has 2 aromatic carbocycles. The van der Waals surface area contributed by atoms with Crippen LogP contribution in [-0.2, 0) is 6.54 Å². The molecule has 7 heteroatoms. The summed E-state index contributed by atoms with van der Waals surface area (Å²) in [6, 6.07) is 12.9. The number of hydrogen-bond acceptors (Lipinski definition) is 4. The molecule has 0 saturated heterocycles. The number of nitrogens with zero attached hydrogens (tertiary/aromatic N) is 1. The van der Waals surface area contributed by atoms with Crippen LogP contribution in [0, 0.1) is 0 Å². The van der Waals surface area contributed by atoms with Gasteiger partial charge in [0, 0.05) is 30.3 Å². The van der Waals surface area contributed by atoms with Crippen molar-refractivity contribution in [2.24, 2.45) is 10.7 Å². The van der Waals surface area contributed by atoms with Gasteiger partial charge in [-0.25, -0.2) is 4.99 Å². The van der Waals surface area contributed by atoms with Crippen molar-refractivity contribution in [1.82, 2.24) is 5.32 Å². The van der Waals surface area contributed by atoms with Crippen LogP contribution in [0.5, 0.6) is 11.5 Å². The first kappa shape index (κ1) is 18.6. The highest BCUT2D eigenvalue weighted by Crippen LogP contribution is 2.32. The Morgan fingerprint density at radius 2 is 1.96 bits per heavy atom. The Hall–Kier alpha value is -3.22. The van der Waals surface area contributed by atoms with E-state index in [0.29, 0.717) is 31.3 Å². The Kier molecular flexibility index (Phi) is 6.14. The average Bonchev–Trinajstić information content (AvgIpc) is 2.91. The highest BCUT2D eigenvalue weighted by Gasteiger charge is 2.11. The van der Waals surface area contributed by atoms with Gasteiger partial charge >= 0.3 is 0 Å². The zero-order valence-corrected chi connectivity index (χ0v) is 15.3. The maximum absolute atomic E-state index is 11.3. The molecular weight excluding hydrogens is 344 g/mol. The molecule has 4 N–H and O–H groups in total. The van der Waals surface area contributed by atoms with Crippen LogP contribution in [0.25, 0.3) is 0 Å². The lowest BCUT2D eigenvalue weighted by Gasteiger charge is -2.14. The van der Waals surface area contributed by atoms with Gasteiger partial charge in [-0.2, -0.15) is 0 Å². The van der Waals surface area contributed by atoms with Crippen LogP contribution in [-0.4, -0.2) is 31.6 Å². The van der Waals surface area contributed by atoms with Gasteiger partial charge in [0.15, 0.2) is 17.5 Å².